The maximum atomic E-state index is 12.9. The Morgan fingerprint density at radius 1 is 1.29 bits per heavy atom. The first kappa shape index (κ1) is 15.4. The van der Waals surface area contributed by atoms with Crippen LogP contribution in [0.4, 0.5) is 18.9 Å². The van der Waals surface area contributed by atoms with Crippen molar-refractivity contribution in [1.29, 1.82) is 0 Å². The molecule has 0 aliphatic carbocycles. The van der Waals surface area contributed by atoms with Crippen LogP contribution in [0.2, 0.25) is 5.02 Å². The van der Waals surface area contributed by atoms with Crippen molar-refractivity contribution in [1.82, 2.24) is 0 Å². The van der Waals surface area contributed by atoms with E-state index >= 15 is 0 Å². The number of carbonyl (C=O) groups excluding carboxylic acids is 1. The van der Waals surface area contributed by atoms with Gasteiger partial charge >= 0.3 is 6.18 Å². The van der Waals surface area contributed by atoms with Gasteiger partial charge in [-0.05, 0) is 24.3 Å². The van der Waals surface area contributed by atoms with Gasteiger partial charge in [0.2, 0.25) is 0 Å². The number of anilines is 1. The minimum atomic E-state index is -4.64. The molecule has 0 fully saturated rings. The minimum Gasteiger partial charge on any atom is -0.455 e. The lowest BCUT2D eigenvalue weighted by Crippen LogP contribution is -2.16. The Bertz CT molecular complexity index is 668. The van der Waals surface area contributed by atoms with Crippen molar-refractivity contribution in [3.8, 4) is 0 Å². The van der Waals surface area contributed by atoms with Crippen molar-refractivity contribution in [3.05, 3.63) is 52.4 Å². The third kappa shape index (κ3) is 3.37. The SMILES string of the molecule is NCc1ccc(C(=O)Nc2c(Cl)cccc2C(F)(F)F)o1. The van der Waals surface area contributed by atoms with Gasteiger partial charge in [-0.25, -0.2) is 0 Å². The second-order valence-corrected chi connectivity index (χ2v) is 4.49. The van der Waals surface area contributed by atoms with Crippen molar-refractivity contribution in [2.24, 2.45) is 5.73 Å². The summed E-state index contributed by atoms with van der Waals surface area (Å²) in [5.74, 6) is -0.646. The summed E-state index contributed by atoms with van der Waals surface area (Å²) in [7, 11) is 0. The van der Waals surface area contributed by atoms with Crippen molar-refractivity contribution in [2.75, 3.05) is 5.32 Å². The Morgan fingerprint density at radius 2 is 2.00 bits per heavy atom. The number of carbonyl (C=O) groups is 1. The van der Waals surface area contributed by atoms with Gasteiger partial charge in [-0.1, -0.05) is 17.7 Å². The van der Waals surface area contributed by atoms with Crippen molar-refractivity contribution < 1.29 is 22.4 Å². The molecule has 0 saturated heterocycles. The van der Waals surface area contributed by atoms with Crippen LogP contribution in [0.15, 0.2) is 34.7 Å². The predicted octanol–water partition coefficient (Wildman–Crippen LogP) is 3.66. The molecule has 3 N–H and O–H groups in total. The zero-order valence-electron chi connectivity index (χ0n) is 10.5. The van der Waals surface area contributed by atoms with Gasteiger partial charge < -0.3 is 15.5 Å². The van der Waals surface area contributed by atoms with Gasteiger partial charge in [0.1, 0.15) is 5.76 Å². The number of hydrogen-bond donors (Lipinski definition) is 2. The zero-order chi connectivity index (χ0) is 15.6. The fourth-order valence-electron chi connectivity index (χ4n) is 1.67. The molecule has 1 aromatic carbocycles. The molecule has 8 heteroatoms. The Kier molecular flexibility index (Phi) is 4.24. The molecule has 4 nitrogen and oxygen atoms in total. The molecule has 1 amide bonds. The Labute approximate surface area is 122 Å². The molecule has 21 heavy (non-hydrogen) atoms. The lowest BCUT2D eigenvalue weighted by molar-refractivity contribution is -0.136. The van der Waals surface area contributed by atoms with Crippen LogP contribution >= 0.6 is 11.6 Å². The highest BCUT2D eigenvalue weighted by Crippen LogP contribution is 2.38. The van der Waals surface area contributed by atoms with Crippen molar-refractivity contribution >= 4 is 23.2 Å². The third-order valence-electron chi connectivity index (χ3n) is 2.64. The van der Waals surface area contributed by atoms with Crippen LogP contribution in [-0.4, -0.2) is 5.91 Å². The lowest BCUT2D eigenvalue weighted by atomic mass is 10.1. The average molecular weight is 319 g/mol. The van der Waals surface area contributed by atoms with Crippen LogP contribution in [0, 0.1) is 0 Å². The number of halogens is 4. The summed E-state index contributed by atoms with van der Waals surface area (Å²) in [6.07, 6.45) is -4.64. The lowest BCUT2D eigenvalue weighted by Gasteiger charge is -2.14. The van der Waals surface area contributed by atoms with Gasteiger partial charge in [0.15, 0.2) is 5.76 Å². The van der Waals surface area contributed by atoms with E-state index in [4.69, 9.17) is 21.8 Å². The number of nitrogens with one attached hydrogen (secondary N) is 1. The van der Waals surface area contributed by atoms with Gasteiger partial charge in [-0.3, -0.25) is 4.79 Å². The van der Waals surface area contributed by atoms with E-state index in [1.54, 1.807) is 0 Å². The summed E-state index contributed by atoms with van der Waals surface area (Å²) in [5, 5.41) is 1.89. The summed E-state index contributed by atoms with van der Waals surface area (Å²) in [6, 6.07) is 6.02. The fourth-order valence-corrected chi connectivity index (χ4v) is 1.89. The van der Waals surface area contributed by atoms with Gasteiger partial charge in [-0.2, -0.15) is 13.2 Å². The van der Waals surface area contributed by atoms with E-state index in [-0.39, 0.29) is 17.3 Å². The zero-order valence-corrected chi connectivity index (χ0v) is 11.3. The molecule has 0 bridgehead atoms. The number of para-hydroxylation sites is 1. The molecule has 0 radical (unpaired) electrons. The van der Waals surface area contributed by atoms with E-state index in [2.05, 4.69) is 5.32 Å². The molecule has 1 heterocycles. The van der Waals surface area contributed by atoms with E-state index in [0.29, 0.717) is 5.76 Å². The van der Waals surface area contributed by atoms with E-state index < -0.39 is 23.3 Å². The molecule has 0 aliphatic rings. The molecule has 0 unspecified atom stereocenters. The normalized spacial score (nSPS) is 11.5. The third-order valence-corrected chi connectivity index (χ3v) is 2.96. The molecular weight excluding hydrogens is 309 g/mol. The van der Waals surface area contributed by atoms with Crippen LogP contribution in [0.25, 0.3) is 0 Å². The van der Waals surface area contributed by atoms with Crippen LogP contribution < -0.4 is 11.1 Å². The van der Waals surface area contributed by atoms with Gasteiger partial charge in [0, 0.05) is 0 Å². The Morgan fingerprint density at radius 3 is 2.57 bits per heavy atom. The molecule has 2 aromatic rings. The van der Waals surface area contributed by atoms with E-state index in [0.717, 1.165) is 12.1 Å². The maximum absolute atomic E-state index is 12.9. The van der Waals surface area contributed by atoms with Crippen LogP contribution in [0.5, 0.6) is 0 Å². The number of nitrogens with two attached hydrogens (primary N) is 1. The first-order chi connectivity index (χ1) is 9.82. The second-order valence-electron chi connectivity index (χ2n) is 4.08. The van der Waals surface area contributed by atoms with Gasteiger partial charge in [0.05, 0.1) is 22.8 Å². The summed E-state index contributed by atoms with van der Waals surface area (Å²) in [4.78, 5) is 11.9. The minimum absolute atomic E-state index is 0.0766. The second kappa shape index (κ2) is 5.79. The van der Waals surface area contributed by atoms with Crippen molar-refractivity contribution in [3.63, 3.8) is 0 Å². The average Bonchev–Trinajstić information content (AvgIpc) is 2.88. The van der Waals surface area contributed by atoms with Crippen molar-refractivity contribution in [2.45, 2.75) is 12.7 Å². The number of alkyl halides is 3. The molecule has 0 atom stereocenters. The standard InChI is InChI=1S/C13H10ClF3N2O2/c14-9-3-1-2-8(13(15,16)17)11(9)19-12(20)10-5-4-7(6-18)21-10/h1-5H,6,18H2,(H,19,20). The van der Waals surface area contributed by atoms with Gasteiger partial charge in [-0.15, -0.1) is 0 Å². The molecule has 0 spiro atoms. The molecule has 112 valence electrons. The highest BCUT2D eigenvalue weighted by Gasteiger charge is 2.35. The largest absolute Gasteiger partial charge is 0.455 e. The highest BCUT2D eigenvalue weighted by molar-refractivity contribution is 6.34. The molecular formula is C13H10ClF3N2O2. The summed E-state index contributed by atoms with van der Waals surface area (Å²) in [5.41, 5.74) is 3.78. The molecule has 0 aliphatic heterocycles. The first-order valence-electron chi connectivity index (χ1n) is 5.78. The van der Waals surface area contributed by atoms with Crippen LogP contribution in [-0.2, 0) is 12.7 Å². The Hall–Kier alpha value is -1.99. The Balaban J connectivity index is 2.33. The number of amides is 1. The smallest absolute Gasteiger partial charge is 0.418 e. The van der Waals surface area contributed by atoms with E-state index in [9.17, 15) is 18.0 Å². The number of benzene rings is 1. The summed E-state index contributed by atoms with van der Waals surface area (Å²) >= 11 is 5.73. The molecule has 0 saturated carbocycles. The molecule has 1 aromatic heterocycles. The number of furan rings is 1. The first-order valence-corrected chi connectivity index (χ1v) is 6.16. The number of rotatable bonds is 3. The highest BCUT2D eigenvalue weighted by atomic mass is 35.5. The van der Waals surface area contributed by atoms with Crippen LogP contribution in [0.3, 0.4) is 0 Å². The number of hydrogen-bond acceptors (Lipinski definition) is 3. The quantitative estimate of drug-likeness (QED) is 0.907. The van der Waals surface area contributed by atoms with E-state index in [1.807, 2.05) is 0 Å². The van der Waals surface area contributed by atoms with E-state index in [1.165, 1.54) is 18.2 Å². The maximum Gasteiger partial charge on any atom is 0.418 e. The predicted molar refractivity (Wildman–Crippen MR) is 71.0 cm³/mol. The fraction of sp³-hybridized carbons (Fsp3) is 0.154. The summed E-state index contributed by atoms with van der Waals surface area (Å²) < 4.78 is 43.7. The van der Waals surface area contributed by atoms with Crippen LogP contribution in [0.1, 0.15) is 21.9 Å². The summed E-state index contributed by atoms with van der Waals surface area (Å²) in [6.45, 7) is 0.0766. The topological polar surface area (TPSA) is 68.3 Å². The molecule has 2 rings (SSSR count). The monoisotopic (exact) mass is 318 g/mol. The van der Waals surface area contributed by atoms with Gasteiger partial charge in [0.25, 0.3) is 5.91 Å².